The molecule has 0 rings (SSSR count). The summed E-state index contributed by atoms with van der Waals surface area (Å²) in [6.45, 7) is 14.1. The average molecular weight is 179 g/mol. The van der Waals surface area contributed by atoms with Gasteiger partial charge in [0, 0.05) is 0 Å². The molecule has 72 valence electrons. The van der Waals surface area contributed by atoms with Crippen molar-refractivity contribution in [3.05, 3.63) is 12.0 Å². The zero-order valence-corrected chi connectivity index (χ0v) is 9.79. The Morgan fingerprint density at radius 2 is 1.36 bits per heavy atom. The van der Waals surface area contributed by atoms with Crippen molar-refractivity contribution in [3.8, 4) is 0 Å². The van der Waals surface area contributed by atoms with Crippen LogP contribution in [0.25, 0.3) is 0 Å². The van der Waals surface area contributed by atoms with Crippen molar-refractivity contribution in [2.24, 2.45) is 5.73 Å². The summed E-state index contributed by atoms with van der Waals surface area (Å²) in [5.74, 6) is 0. The molecule has 0 aliphatic carbocycles. The molecule has 0 radical (unpaired) electrons. The molecule has 11 heavy (non-hydrogen) atoms. The van der Waals surface area contributed by atoms with E-state index in [2.05, 4.69) is 6.58 Å². The largest absolute Gasteiger partial charge is 0.331 e. The van der Waals surface area contributed by atoms with Gasteiger partial charge in [-0.05, 0) is 18.2 Å². The second-order valence-electron chi connectivity index (χ2n) is 0.811. The summed E-state index contributed by atoms with van der Waals surface area (Å²) in [6, 6.07) is 0. The highest BCUT2D eigenvalue weighted by atomic mass is 32.2. The summed E-state index contributed by atoms with van der Waals surface area (Å²) >= 11 is 1.62. The van der Waals surface area contributed by atoms with Crippen molar-refractivity contribution in [1.29, 1.82) is 0 Å². The molecule has 0 aromatic rings. The lowest BCUT2D eigenvalue weighted by molar-refractivity contribution is 1.14. The molecule has 0 bridgehead atoms. The summed E-state index contributed by atoms with van der Waals surface area (Å²) in [5.41, 5.74) is 4.85. The van der Waals surface area contributed by atoms with Gasteiger partial charge in [0.1, 0.15) is 0 Å². The third-order valence-electron chi connectivity index (χ3n) is 0.167. The van der Waals surface area contributed by atoms with Crippen LogP contribution >= 0.6 is 11.8 Å². The van der Waals surface area contributed by atoms with Gasteiger partial charge in [0.25, 0.3) is 0 Å². The highest BCUT2D eigenvalue weighted by Crippen LogP contribution is 1.85. The quantitative estimate of drug-likeness (QED) is 0.666. The molecule has 0 atom stereocenters. The molecule has 2 N–H and O–H groups in total. The zero-order valence-electron chi connectivity index (χ0n) is 8.98. The molecule has 0 fully saturated rings. The second kappa shape index (κ2) is 88.5. The van der Waals surface area contributed by atoms with Crippen molar-refractivity contribution >= 4 is 11.8 Å². The van der Waals surface area contributed by atoms with E-state index in [1.165, 1.54) is 0 Å². The molecule has 0 aliphatic rings. The first-order valence-corrected chi connectivity index (χ1v) is 5.46. The molecule has 2 heteroatoms. The second-order valence-corrected chi connectivity index (χ2v) is 1.62. The van der Waals surface area contributed by atoms with Crippen LogP contribution in [0.3, 0.4) is 0 Å². The van der Waals surface area contributed by atoms with E-state index in [-0.39, 0.29) is 0 Å². The summed E-state index contributed by atoms with van der Waals surface area (Å²) in [6.07, 6.45) is 1.98. The van der Waals surface area contributed by atoms with Gasteiger partial charge in [-0.2, -0.15) is 0 Å². The number of hydrogen-bond acceptors (Lipinski definition) is 2. The van der Waals surface area contributed by atoms with Gasteiger partial charge in [-0.15, -0.1) is 11.8 Å². The van der Waals surface area contributed by atoms with Crippen LogP contribution < -0.4 is 5.73 Å². The van der Waals surface area contributed by atoms with Crippen LogP contribution in [-0.4, -0.2) is 12.8 Å². The predicted molar refractivity (Wildman–Crippen MR) is 61.1 cm³/mol. The Morgan fingerprint density at radius 1 is 1.27 bits per heavy atom. The summed E-state index contributed by atoms with van der Waals surface area (Å²) in [7, 11) is 0. The smallest absolute Gasteiger partial charge is 0.0106 e. The number of rotatable bonds is 1. The summed E-state index contributed by atoms with van der Waals surface area (Å²) < 4.78 is 0. The van der Waals surface area contributed by atoms with E-state index in [9.17, 15) is 0 Å². The van der Waals surface area contributed by atoms with Gasteiger partial charge in [0.15, 0.2) is 0 Å². The molecular formula is C9H25NS. The lowest BCUT2D eigenvalue weighted by atomic mass is 10.8. The lowest BCUT2D eigenvalue weighted by Crippen LogP contribution is -1.87. The van der Waals surface area contributed by atoms with Gasteiger partial charge >= 0.3 is 0 Å². The maximum atomic E-state index is 4.85. The Bertz CT molecular complexity index is 30.7. The summed E-state index contributed by atoms with van der Waals surface area (Å²) in [4.78, 5) is 0. The van der Waals surface area contributed by atoms with Gasteiger partial charge in [0.05, 0.1) is 0 Å². The van der Waals surface area contributed by atoms with Crippen LogP contribution in [0, 0.1) is 0 Å². The fraction of sp³-hybridized carbons (Fsp3) is 0.778. The van der Waals surface area contributed by atoms with Crippen LogP contribution in [0.1, 0.15) is 34.6 Å². The van der Waals surface area contributed by atoms with Gasteiger partial charge in [-0.3, -0.25) is 0 Å². The van der Waals surface area contributed by atoms with E-state index in [1.807, 2.05) is 40.9 Å². The van der Waals surface area contributed by atoms with Crippen LogP contribution in [0.15, 0.2) is 12.0 Å². The standard InChI is InChI=1S/C3H6S.C2H7N.2C2H6/c1-3-4-2;1-2-3;2*1-2/h3H,1H2,2H3;2-3H2,1H3;2*1-2H3. The van der Waals surface area contributed by atoms with E-state index in [4.69, 9.17) is 5.73 Å². The van der Waals surface area contributed by atoms with Crippen LogP contribution in [0.2, 0.25) is 0 Å². The molecule has 0 aromatic carbocycles. The monoisotopic (exact) mass is 179 g/mol. The Hall–Kier alpha value is 0.0500. The third kappa shape index (κ3) is 591. The predicted octanol–water partition coefficient (Wildman–Crippen LogP) is 3.51. The highest BCUT2D eigenvalue weighted by Gasteiger charge is 1.43. The first-order valence-electron chi connectivity index (χ1n) is 4.17. The van der Waals surface area contributed by atoms with Crippen LogP contribution in [-0.2, 0) is 0 Å². The molecule has 0 saturated carbocycles. The van der Waals surface area contributed by atoms with Crippen molar-refractivity contribution in [3.63, 3.8) is 0 Å². The topological polar surface area (TPSA) is 26.0 Å². The van der Waals surface area contributed by atoms with E-state index in [0.29, 0.717) is 0 Å². The molecule has 0 aromatic heterocycles. The Labute approximate surface area is 77.4 Å². The minimum absolute atomic E-state index is 0.750. The average Bonchev–Trinajstić information content (AvgIpc) is 2.12. The molecular weight excluding hydrogens is 154 g/mol. The first kappa shape index (κ1) is 22.5. The molecule has 0 unspecified atom stereocenters. The number of nitrogens with two attached hydrogens (primary N) is 1. The van der Waals surface area contributed by atoms with Crippen molar-refractivity contribution in [1.82, 2.24) is 0 Å². The summed E-state index contributed by atoms with van der Waals surface area (Å²) in [5, 5.41) is 1.79. The van der Waals surface area contributed by atoms with Gasteiger partial charge in [-0.25, -0.2) is 0 Å². The Kier molecular flexibility index (Phi) is 181. The van der Waals surface area contributed by atoms with Gasteiger partial charge in [-0.1, -0.05) is 41.2 Å². The van der Waals surface area contributed by atoms with Crippen molar-refractivity contribution in [2.75, 3.05) is 12.8 Å². The minimum Gasteiger partial charge on any atom is -0.331 e. The number of thioether (sulfide) groups is 1. The van der Waals surface area contributed by atoms with Gasteiger partial charge in [0.2, 0.25) is 0 Å². The van der Waals surface area contributed by atoms with E-state index >= 15 is 0 Å². The van der Waals surface area contributed by atoms with E-state index in [1.54, 1.807) is 17.2 Å². The molecule has 0 heterocycles. The fourth-order valence-corrected chi connectivity index (χ4v) is 0. The molecule has 0 amide bonds. The van der Waals surface area contributed by atoms with Gasteiger partial charge < -0.3 is 5.73 Å². The van der Waals surface area contributed by atoms with E-state index in [0.717, 1.165) is 6.54 Å². The van der Waals surface area contributed by atoms with Crippen LogP contribution in [0.4, 0.5) is 0 Å². The maximum Gasteiger partial charge on any atom is -0.0106 e. The highest BCUT2D eigenvalue weighted by molar-refractivity contribution is 8.01. The van der Waals surface area contributed by atoms with Crippen LogP contribution in [0.5, 0.6) is 0 Å². The minimum atomic E-state index is 0.750. The van der Waals surface area contributed by atoms with Crippen molar-refractivity contribution < 1.29 is 0 Å². The molecule has 0 saturated heterocycles. The molecule has 0 aliphatic heterocycles. The maximum absolute atomic E-state index is 4.85. The third-order valence-corrected chi connectivity index (χ3v) is 0.500. The first-order chi connectivity index (χ1) is 5.33. The normalized spacial score (nSPS) is 5.00. The Balaban J connectivity index is -0.0000000315. The van der Waals surface area contributed by atoms with Crippen molar-refractivity contribution in [2.45, 2.75) is 34.6 Å². The SMILES string of the molecule is C=CSC.CC.CC.CCN. The fourth-order valence-electron chi connectivity index (χ4n) is 0. The number of hydrogen-bond donors (Lipinski definition) is 1. The molecule has 1 nitrogen and oxygen atoms in total. The Morgan fingerprint density at radius 3 is 1.36 bits per heavy atom. The van der Waals surface area contributed by atoms with E-state index < -0.39 is 0 Å². The molecule has 0 spiro atoms. The lowest BCUT2D eigenvalue weighted by Gasteiger charge is -1.59. The zero-order chi connectivity index (χ0) is 10.1.